The van der Waals surface area contributed by atoms with Gasteiger partial charge in [0.15, 0.2) is 0 Å². The molecule has 2 nitrogen and oxygen atoms in total. The molecule has 1 aromatic carbocycles. The van der Waals surface area contributed by atoms with Crippen LogP contribution < -0.4 is 0 Å². The van der Waals surface area contributed by atoms with E-state index >= 15 is 0 Å². The number of hydrogen-bond donors (Lipinski definition) is 0. The summed E-state index contributed by atoms with van der Waals surface area (Å²) in [6.45, 7) is 6.23. The van der Waals surface area contributed by atoms with E-state index in [9.17, 15) is 0 Å². The van der Waals surface area contributed by atoms with Crippen LogP contribution in [0.1, 0.15) is 16.7 Å². The quantitative estimate of drug-likeness (QED) is 0.422. The lowest BCUT2D eigenvalue weighted by molar-refractivity contribution is -0.160. The van der Waals surface area contributed by atoms with Crippen molar-refractivity contribution in [3.8, 4) is 0 Å². The fourth-order valence-electron chi connectivity index (χ4n) is 1.37. The molecule has 0 N–H and O–H groups in total. The van der Waals surface area contributed by atoms with E-state index < -0.39 is 0 Å². The second-order valence-corrected chi connectivity index (χ2v) is 3.76. The van der Waals surface area contributed by atoms with E-state index in [-0.39, 0.29) is 0 Å². The van der Waals surface area contributed by atoms with Crippen molar-refractivity contribution in [2.75, 3.05) is 7.11 Å². The minimum atomic E-state index is 1.13. The van der Waals surface area contributed by atoms with Gasteiger partial charge in [-0.1, -0.05) is 17.7 Å². The van der Waals surface area contributed by atoms with E-state index in [1.54, 1.807) is 0 Å². The van der Waals surface area contributed by atoms with Gasteiger partial charge >= 0.3 is 0 Å². The summed E-state index contributed by atoms with van der Waals surface area (Å²) in [5.74, 6) is 0. The van der Waals surface area contributed by atoms with Gasteiger partial charge in [0.2, 0.25) is 0 Å². The second kappa shape index (κ2) is 4.65. The highest BCUT2D eigenvalue weighted by atomic mass is 32.2. The van der Waals surface area contributed by atoms with E-state index in [1.165, 1.54) is 35.8 Å². The Balaban J connectivity index is 2.92. The Hall–Kier alpha value is -0.510. The maximum atomic E-state index is 4.84. The van der Waals surface area contributed by atoms with Crippen molar-refractivity contribution in [2.45, 2.75) is 25.7 Å². The topological polar surface area (TPSA) is 18.5 Å². The Morgan fingerprint density at radius 1 is 1.08 bits per heavy atom. The molecule has 0 aliphatic rings. The normalized spacial score (nSPS) is 10.5. The average Bonchev–Trinajstić information content (AvgIpc) is 2.02. The van der Waals surface area contributed by atoms with Crippen molar-refractivity contribution in [3.05, 3.63) is 28.8 Å². The lowest BCUT2D eigenvalue weighted by Crippen LogP contribution is -1.88. The Morgan fingerprint density at radius 3 is 2.08 bits per heavy atom. The lowest BCUT2D eigenvalue weighted by atomic mass is 10.1. The summed E-state index contributed by atoms with van der Waals surface area (Å²) in [5, 5.41) is 0. The van der Waals surface area contributed by atoms with Gasteiger partial charge in [0, 0.05) is 4.90 Å². The molecule has 0 aliphatic heterocycles. The van der Waals surface area contributed by atoms with Gasteiger partial charge in [0.05, 0.1) is 19.2 Å². The Morgan fingerprint density at radius 2 is 1.62 bits per heavy atom. The number of benzene rings is 1. The Labute approximate surface area is 83.4 Å². The first-order valence-corrected chi connectivity index (χ1v) is 4.84. The number of hydrogen-bond acceptors (Lipinski definition) is 3. The first-order valence-electron chi connectivity index (χ1n) is 4.10. The van der Waals surface area contributed by atoms with Crippen LogP contribution in [-0.2, 0) is 9.22 Å². The van der Waals surface area contributed by atoms with Gasteiger partial charge < -0.3 is 0 Å². The highest BCUT2D eigenvalue weighted by Gasteiger charge is 2.04. The Bertz CT molecular complexity index is 274. The summed E-state index contributed by atoms with van der Waals surface area (Å²) in [7, 11) is 1.51. The predicted molar refractivity (Wildman–Crippen MR) is 54.6 cm³/mol. The van der Waals surface area contributed by atoms with E-state index in [0.29, 0.717) is 0 Å². The number of aryl methyl sites for hydroxylation is 3. The van der Waals surface area contributed by atoms with Gasteiger partial charge in [0.25, 0.3) is 0 Å². The van der Waals surface area contributed by atoms with Crippen LogP contribution in [0.3, 0.4) is 0 Å². The first-order chi connectivity index (χ1) is 6.15. The third-order valence-corrected chi connectivity index (χ3v) is 2.80. The SMILES string of the molecule is COOSc1c(C)cc(C)cc1C. The molecule has 72 valence electrons. The van der Waals surface area contributed by atoms with Crippen molar-refractivity contribution >= 4 is 12.0 Å². The van der Waals surface area contributed by atoms with Crippen LogP contribution >= 0.6 is 12.0 Å². The van der Waals surface area contributed by atoms with Gasteiger partial charge in [-0.2, -0.15) is 4.33 Å². The molecule has 0 saturated carbocycles. The van der Waals surface area contributed by atoms with Crippen LogP contribution in [0.5, 0.6) is 0 Å². The molecule has 1 aromatic rings. The molecule has 1 rings (SSSR count). The molecular weight excluding hydrogens is 184 g/mol. The van der Waals surface area contributed by atoms with Crippen molar-refractivity contribution in [1.82, 2.24) is 0 Å². The van der Waals surface area contributed by atoms with E-state index in [0.717, 1.165) is 4.90 Å². The van der Waals surface area contributed by atoms with Crippen LogP contribution in [0.15, 0.2) is 17.0 Å². The summed E-state index contributed by atoms with van der Waals surface area (Å²) in [6, 6.07) is 4.27. The smallest absolute Gasteiger partial charge is 0.0725 e. The van der Waals surface area contributed by atoms with Crippen LogP contribution in [0, 0.1) is 20.8 Å². The monoisotopic (exact) mass is 198 g/mol. The van der Waals surface area contributed by atoms with Crippen LogP contribution in [0.4, 0.5) is 0 Å². The highest BCUT2D eigenvalue weighted by Crippen LogP contribution is 2.27. The summed E-state index contributed by atoms with van der Waals surface area (Å²) < 4.78 is 4.84. The van der Waals surface area contributed by atoms with Gasteiger partial charge in [-0.3, -0.25) is 0 Å². The second-order valence-electron chi connectivity index (χ2n) is 3.05. The highest BCUT2D eigenvalue weighted by molar-refractivity contribution is 7.94. The van der Waals surface area contributed by atoms with E-state index in [4.69, 9.17) is 4.33 Å². The largest absolute Gasteiger partial charge is 0.227 e. The zero-order chi connectivity index (χ0) is 9.84. The summed E-state index contributed by atoms with van der Waals surface area (Å²) >= 11 is 1.26. The molecule has 0 spiro atoms. The van der Waals surface area contributed by atoms with Gasteiger partial charge in [0.1, 0.15) is 0 Å². The minimum Gasteiger partial charge on any atom is -0.227 e. The molecule has 0 aliphatic carbocycles. The maximum absolute atomic E-state index is 4.84. The summed E-state index contributed by atoms with van der Waals surface area (Å²) in [6.07, 6.45) is 0. The zero-order valence-corrected chi connectivity index (χ0v) is 9.20. The van der Waals surface area contributed by atoms with E-state index in [2.05, 4.69) is 37.8 Å². The molecule has 0 heterocycles. The standard InChI is InChI=1S/C10H14O2S/c1-7-5-8(2)10(9(3)6-7)13-12-11-4/h5-6H,1-4H3. The van der Waals surface area contributed by atoms with Crippen LogP contribution in [0.25, 0.3) is 0 Å². The molecule has 0 saturated heterocycles. The van der Waals surface area contributed by atoms with Crippen LogP contribution in [-0.4, -0.2) is 7.11 Å². The molecule has 0 radical (unpaired) electrons. The van der Waals surface area contributed by atoms with Gasteiger partial charge in [-0.15, -0.1) is 0 Å². The molecule has 0 unspecified atom stereocenters. The first kappa shape index (κ1) is 10.6. The van der Waals surface area contributed by atoms with Crippen molar-refractivity contribution in [3.63, 3.8) is 0 Å². The van der Waals surface area contributed by atoms with Gasteiger partial charge in [-0.05, 0) is 31.9 Å². The molecule has 3 heteroatoms. The van der Waals surface area contributed by atoms with Crippen molar-refractivity contribution in [1.29, 1.82) is 0 Å². The third-order valence-electron chi connectivity index (χ3n) is 1.79. The fourth-order valence-corrected chi connectivity index (χ4v) is 1.88. The lowest BCUT2D eigenvalue weighted by Gasteiger charge is -2.08. The van der Waals surface area contributed by atoms with Crippen molar-refractivity contribution < 1.29 is 9.22 Å². The minimum absolute atomic E-state index is 1.13. The average molecular weight is 198 g/mol. The van der Waals surface area contributed by atoms with E-state index in [1.807, 2.05) is 0 Å². The fraction of sp³-hybridized carbons (Fsp3) is 0.400. The summed E-state index contributed by atoms with van der Waals surface area (Å²) in [5.41, 5.74) is 3.72. The molecule has 13 heavy (non-hydrogen) atoms. The van der Waals surface area contributed by atoms with Gasteiger partial charge in [-0.25, -0.2) is 4.89 Å². The molecule has 0 aromatic heterocycles. The molecular formula is C10H14O2S. The summed E-state index contributed by atoms with van der Waals surface area (Å²) in [4.78, 5) is 5.68. The van der Waals surface area contributed by atoms with Crippen molar-refractivity contribution in [2.24, 2.45) is 0 Å². The number of rotatable bonds is 3. The molecule has 0 bridgehead atoms. The molecule has 0 atom stereocenters. The Kier molecular flexibility index (Phi) is 3.78. The molecule has 0 amide bonds. The predicted octanol–water partition coefficient (Wildman–Crippen LogP) is 3.20. The molecule has 0 fully saturated rings. The van der Waals surface area contributed by atoms with Crippen LogP contribution in [0.2, 0.25) is 0 Å². The maximum Gasteiger partial charge on any atom is 0.0725 e. The zero-order valence-electron chi connectivity index (χ0n) is 8.38. The third kappa shape index (κ3) is 2.72.